The number of hydrogen-bond acceptors (Lipinski definition) is 4. The standard InChI is InChI=1S/C54H34N4O/c1-4-16-35(17-5-1)47-34-48(36-18-6-2-7-19-36)56-52(55-47)37-28-30-50-44(32-37)54(42-24-12-10-22-40(42)41-23-11-13-25-43(41)54)45-33-38(29-31-51(45)59-50)53-57-46-26-14-15-27-49(46)58(53)39-20-8-3-9-21-39/h1-34H. The summed E-state index contributed by atoms with van der Waals surface area (Å²) in [6.07, 6.45) is 0. The molecular formula is C54H34N4O. The second-order valence-electron chi connectivity index (χ2n) is 15.2. The van der Waals surface area contributed by atoms with Crippen LogP contribution in [0.5, 0.6) is 11.5 Å². The van der Waals surface area contributed by atoms with Gasteiger partial charge in [-0.3, -0.25) is 4.57 Å². The van der Waals surface area contributed by atoms with Gasteiger partial charge in [-0.05, 0) is 89.0 Å². The number of rotatable bonds is 5. The van der Waals surface area contributed by atoms with E-state index in [1.807, 2.05) is 18.2 Å². The number of para-hydroxylation sites is 3. The van der Waals surface area contributed by atoms with Gasteiger partial charge in [-0.25, -0.2) is 15.0 Å². The first-order chi connectivity index (χ1) is 29.2. The predicted molar refractivity (Wildman–Crippen MR) is 236 cm³/mol. The molecule has 0 fully saturated rings. The van der Waals surface area contributed by atoms with Crippen molar-refractivity contribution >= 4 is 11.0 Å². The van der Waals surface area contributed by atoms with E-state index in [2.05, 4.69) is 193 Å². The van der Waals surface area contributed by atoms with Gasteiger partial charge in [-0.1, -0.05) is 140 Å². The lowest BCUT2D eigenvalue weighted by atomic mass is 9.65. The number of benzene rings is 8. The highest BCUT2D eigenvalue weighted by atomic mass is 16.5. The average molecular weight is 755 g/mol. The van der Waals surface area contributed by atoms with Crippen molar-refractivity contribution in [1.29, 1.82) is 0 Å². The molecule has 5 heteroatoms. The Hall–Kier alpha value is -7.89. The van der Waals surface area contributed by atoms with Crippen molar-refractivity contribution in [3.8, 4) is 73.6 Å². The Kier molecular flexibility index (Phi) is 7.38. The molecule has 0 radical (unpaired) electrons. The lowest BCUT2D eigenvalue weighted by Crippen LogP contribution is -2.32. The monoisotopic (exact) mass is 754 g/mol. The first kappa shape index (κ1) is 33.3. The number of nitrogens with zero attached hydrogens (tertiary/aromatic N) is 4. The molecule has 0 saturated carbocycles. The lowest BCUT2D eigenvalue weighted by molar-refractivity contribution is 0.436. The van der Waals surface area contributed by atoms with Gasteiger partial charge in [0.05, 0.1) is 27.8 Å². The van der Waals surface area contributed by atoms with E-state index in [-0.39, 0.29) is 0 Å². The molecular weight excluding hydrogens is 721 g/mol. The molecule has 5 nitrogen and oxygen atoms in total. The van der Waals surface area contributed by atoms with E-state index >= 15 is 0 Å². The fourth-order valence-electron chi connectivity index (χ4n) is 9.33. The number of hydrogen-bond donors (Lipinski definition) is 0. The molecule has 0 unspecified atom stereocenters. The third-order valence-electron chi connectivity index (χ3n) is 11.9. The van der Waals surface area contributed by atoms with Crippen LogP contribution in [0.4, 0.5) is 0 Å². The number of ether oxygens (including phenoxy) is 1. The highest BCUT2D eigenvalue weighted by molar-refractivity contribution is 5.90. The Morgan fingerprint density at radius 1 is 0.390 bits per heavy atom. The van der Waals surface area contributed by atoms with E-state index in [9.17, 15) is 0 Å². The summed E-state index contributed by atoms with van der Waals surface area (Å²) >= 11 is 0. The average Bonchev–Trinajstić information content (AvgIpc) is 3.84. The summed E-state index contributed by atoms with van der Waals surface area (Å²) in [6.45, 7) is 0. The third-order valence-corrected chi connectivity index (χ3v) is 11.9. The second kappa shape index (κ2) is 13.1. The fraction of sp³-hybridized carbons (Fsp3) is 0.0185. The first-order valence-corrected chi connectivity index (χ1v) is 19.9. The molecule has 0 atom stereocenters. The van der Waals surface area contributed by atoms with Crippen LogP contribution < -0.4 is 4.74 Å². The van der Waals surface area contributed by atoms with Gasteiger partial charge in [0.25, 0.3) is 0 Å². The van der Waals surface area contributed by atoms with Crippen LogP contribution in [0, 0.1) is 0 Å². The quantitative estimate of drug-likeness (QED) is 0.176. The van der Waals surface area contributed by atoms with Gasteiger partial charge in [0.2, 0.25) is 0 Å². The highest BCUT2D eigenvalue weighted by Gasteiger charge is 2.51. The van der Waals surface area contributed by atoms with Crippen LogP contribution in [0.3, 0.4) is 0 Å². The third kappa shape index (κ3) is 5.08. The zero-order valence-electron chi connectivity index (χ0n) is 31.8. The molecule has 2 aromatic heterocycles. The Balaban J connectivity index is 1.12. The van der Waals surface area contributed by atoms with Gasteiger partial charge in [0.1, 0.15) is 17.3 Å². The first-order valence-electron chi connectivity index (χ1n) is 19.9. The van der Waals surface area contributed by atoms with Crippen LogP contribution in [0.1, 0.15) is 22.3 Å². The van der Waals surface area contributed by atoms with Crippen molar-refractivity contribution in [2.24, 2.45) is 0 Å². The van der Waals surface area contributed by atoms with Crippen molar-refractivity contribution in [3.63, 3.8) is 0 Å². The summed E-state index contributed by atoms with van der Waals surface area (Å²) in [7, 11) is 0. The van der Waals surface area contributed by atoms with Gasteiger partial charge >= 0.3 is 0 Å². The smallest absolute Gasteiger partial charge is 0.160 e. The predicted octanol–water partition coefficient (Wildman–Crippen LogP) is 13.0. The minimum atomic E-state index is -0.717. The minimum absolute atomic E-state index is 0.652. The summed E-state index contributed by atoms with van der Waals surface area (Å²) in [6, 6.07) is 72.3. The zero-order chi connectivity index (χ0) is 38.9. The van der Waals surface area contributed by atoms with Crippen molar-refractivity contribution in [1.82, 2.24) is 19.5 Å². The molecule has 1 aliphatic heterocycles. The van der Waals surface area contributed by atoms with Gasteiger partial charge in [0.15, 0.2) is 5.82 Å². The topological polar surface area (TPSA) is 52.8 Å². The summed E-state index contributed by atoms with van der Waals surface area (Å²) in [4.78, 5) is 15.8. The van der Waals surface area contributed by atoms with Crippen LogP contribution in [-0.2, 0) is 5.41 Å². The van der Waals surface area contributed by atoms with Gasteiger partial charge < -0.3 is 4.74 Å². The van der Waals surface area contributed by atoms with Crippen molar-refractivity contribution < 1.29 is 4.74 Å². The SMILES string of the molecule is c1ccc(-c2cc(-c3ccccc3)nc(-c3ccc4c(c3)C3(c5cc(-c6nc7ccccc7n6-c6ccccc6)ccc5O4)c4ccccc4-c4ccccc43)n2)cc1. The van der Waals surface area contributed by atoms with E-state index < -0.39 is 5.41 Å². The van der Waals surface area contributed by atoms with Crippen LogP contribution in [0.15, 0.2) is 206 Å². The molecule has 1 spiro atoms. The van der Waals surface area contributed by atoms with E-state index in [1.165, 1.54) is 22.3 Å². The fourth-order valence-corrected chi connectivity index (χ4v) is 9.33. The largest absolute Gasteiger partial charge is 0.457 e. The van der Waals surface area contributed by atoms with E-state index in [4.69, 9.17) is 19.7 Å². The Bertz CT molecular complexity index is 3140. The minimum Gasteiger partial charge on any atom is -0.457 e. The summed E-state index contributed by atoms with van der Waals surface area (Å²) < 4.78 is 9.23. The van der Waals surface area contributed by atoms with Gasteiger partial charge in [-0.2, -0.15) is 0 Å². The van der Waals surface area contributed by atoms with Gasteiger partial charge in [0, 0.05) is 39.1 Å². The summed E-state index contributed by atoms with van der Waals surface area (Å²) in [5.41, 5.74) is 15.0. The van der Waals surface area contributed by atoms with Gasteiger partial charge in [-0.15, -0.1) is 0 Å². The number of imidazole rings is 1. The molecule has 2 aliphatic rings. The second-order valence-corrected chi connectivity index (χ2v) is 15.2. The maximum Gasteiger partial charge on any atom is 0.160 e. The Labute approximate surface area is 341 Å². The van der Waals surface area contributed by atoms with E-state index in [0.717, 1.165) is 78.8 Å². The molecule has 0 bridgehead atoms. The maximum absolute atomic E-state index is 6.97. The molecule has 1 aliphatic carbocycles. The normalized spacial score (nSPS) is 13.0. The lowest BCUT2D eigenvalue weighted by Gasteiger charge is -2.39. The molecule has 10 aromatic rings. The van der Waals surface area contributed by atoms with Crippen LogP contribution in [-0.4, -0.2) is 19.5 Å². The summed E-state index contributed by atoms with van der Waals surface area (Å²) in [5, 5.41) is 0. The molecule has 276 valence electrons. The summed E-state index contributed by atoms with van der Waals surface area (Å²) in [5.74, 6) is 3.14. The molecule has 12 rings (SSSR count). The molecule has 0 amide bonds. The Morgan fingerprint density at radius 3 is 1.53 bits per heavy atom. The Morgan fingerprint density at radius 2 is 0.898 bits per heavy atom. The molecule has 8 aromatic carbocycles. The molecule has 0 N–H and O–H groups in total. The van der Waals surface area contributed by atoms with Crippen LogP contribution >= 0.6 is 0 Å². The van der Waals surface area contributed by atoms with Crippen molar-refractivity contribution in [2.75, 3.05) is 0 Å². The van der Waals surface area contributed by atoms with Crippen molar-refractivity contribution in [3.05, 3.63) is 229 Å². The van der Waals surface area contributed by atoms with E-state index in [0.29, 0.717) is 5.82 Å². The molecule has 3 heterocycles. The highest BCUT2D eigenvalue weighted by Crippen LogP contribution is 2.62. The maximum atomic E-state index is 6.97. The van der Waals surface area contributed by atoms with Crippen LogP contribution in [0.2, 0.25) is 0 Å². The molecule has 0 saturated heterocycles. The number of fused-ring (bicyclic) bond motifs is 10. The van der Waals surface area contributed by atoms with Crippen molar-refractivity contribution in [2.45, 2.75) is 5.41 Å². The number of aromatic nitrogens is 4. The van der Waals surface area contributed by atoms with E-state index in [1.54, 1.807) is 0 Å². The zero-order valence-corrected chi connectivity index (χ0v) is 31.8. The van der Waals surface area contributed by atoms with Crippen LogP contribution in [0.25, 0.3) is 73.1 Å². The molecule has 59 heavy (non-hydrogen) atoms.